The van der Waals surface area contributed by atoms with Gasteiger partial charge in [0.2, 0.25) is 0 Å². The standard InChI is InChI=1S/C11H17F2N3O4/c1-3-10(6-17,20-2)8(18)11(12,13)16-5-4-7(14)15-9(16)19/h4-5,8,17-18H,3,6H2,1-2H3,(H2,14,15,19)/t8-,10-/m1/s1. The lowest BCUT2D eigenvalue weighted by Gasteiger charge is -2.38. The van der Waals surface area contributed by atoms with Gasteiger partial charge in [-0.05, 0) is 12.5 Å². The Bertz CT molecular complexity index is 508. The summed E-state index contributed by atoms with van der Waals surface area (Å²) < 4.78 is 33.3. The topological polar surface area (TPSA) is 111 Å². The molecule has 1 aromatic rings. The number of anilines is 1. The molecule has 1 rings (SSSR count). The summed E-state index contributed by atoms with van der Waals surface area (Å²) >= 11 is 0. The van der Waals surface area contributed by atoms with Gasteiger partial charge in [-0.25, -0.2) is 9.36 Å². The summed E-state index contributed by atoms with van der Waals surface area (Å²) in [5.74, 6) is -0.216. The van der Waals surface area contributed by atoms with Crippen molar-refractivity contribution in [2.45, 2.75) is 31.1 Å². The highest BCUT2D eigenvalue weighted by atomic mass is 19.3. The van der Waals surface area contributed by atoms with Crippen molar-refractivity contribution >= 4 is 5.82 Å². The molecule has 4 N–H and O–H groups in total. The Morgan fingerprint density at radius 2 is 2.20 bits per heavy atom. The van der Waals surface area contributed by atoms with Gasteiger partial charge in [0.25, 0.3) is 0 Å². The molecule has 0 saturated heterocycles. The van der Waals surface area contributed by atoms with Crippen LogP contribution in [0.4, 0.5) is 14.6 Å². The van der Waals surface area contributed by atoms with Crippen LogP contribution in [-0.4, -0.2) is 45.2 Å². The number of alkyl halides is 2. The van der Waals surface area contributed by atoms with Gasteiger partial charge in [0, 0.05) is 13.3 Å². The van der Waals surface area contributed by atoms with Gasteiger partial charge in [0.15, 0.2) is 6.10 Å². The van der Waals surface area contributed by atoms with E-state index >= 15 is 0 Å². The number of aliphatic hydroxyl groups is 2. The molecule has 0 fully saturated rings. The number of nitrogens with zero attached hydrogens (tertiary/aromatic N) is 2. The smallest absolute Gasteiger partial charge is 0.361 e. The van der Waals surface area contributed by atoms with E-state index in [2.05, 4.69) is 4.98 Å². The lowest BCUT2D eigenvalue weighted by Crippen LogP contribution is -2.58. The highest BCUT2D eigenvalue weighted by Gasteiger charge is 2.53. The molecule has 0 bridgehead atoms. The number of hydrogen-bond donors (Lipinski definition) is 3. The van der Waals surface area contributed by atoms with Crippen LogP contribution in [0.1, 0.15) is 13.3 Å². The Morgan fingerprint density at radius 1 is 1.60 bits per heavy atom. The summed E-state index contributed by atoms with van der Waals surface area (Å²) in [5.41, 5.74) is 2.00. The van der Waals surface area contributed by atoms with Crippen molar-refractivity contribution < 1.29 is 23.7 Å². The Kier molecular flexibility index (Phi) is 4.79. The van der Waals surface area contributed by atoms with Crippen LogP contribution in [0.5, 0.6) is 0 Å². The summed E-state index contributed by atoms with van der Waals surface area (Å²) in [6.07, 6.45) is -1.81. The Labute approximate surface area is 113 Å². The minimum Gasteiger partial charge on any atom is -0.393 e. The number of aromatic nitrogens is 2. The van der Waals surface area contributed by atoms with Crippen molar-refractivity contribution in [3.63, 3.8) is 0 Å². The Morgan fingerprint density at radius 3 is 2.60 bits per heavy atom. The van der Waals surface area contributed by atoms with Crippen molar-refractivity contribution in [3.8, 4) is 0 Å². The van der Waals surface area contributed by atoms with E-state index in [1.165, 1.54) is 6.92 Å². The second kappa shape index (κ2) is 5.81. The maximum Gasteiger partial charge on any atom is 0.361 e. The van der Waals surface area contributed by atoms with Crippen molar-refractivity contribution in [3.05, 3.63) is 22.7 Å². The lowest BCUT2D eigenvalue weighted by atomic mass is 9.92. The van der Waals surface area contributed by atoms with Crippen molar-refractivity contribution in [2.75, 3.05) is 19.5 Å². The largest absolute Gasteiger partial charge is 0.393 e. The van der Waals surface area contributed by atoms with Crippen molar-refractivity contribution in [2.24, 2.45) is 0 Å². The molecule has 0 aliphatic carbocycles. The zero-order valence-corrected chi connectivity index (χ0v) is 11.1. The first-order chi connectivity index (χ1) is 9.25. The highest BCUT2D eigenvalue weighted by molar-refractivity contribution is 5.23. The third kappa shape index (κ3) is 2.65. The monoisotopic (exact) mass is 293 g/mol. The minimum absolute atomic E-state index is 0.0485. The number of hydrogen-bond acceptors (Lipinski definition) is 6. The Hall–Kier alpha value is -1.58. The number of nitrogen functional groups attached to an aromatic ring is 1. The van der Waals surface area contributed by atoms with Gasteiger partial charge in [-0.1, -0.05) is 6.92 Å². The second-order valence-corrected chi connectivity index (χ2v) is 4.28. The molecule has 0 amide bonds. The van der Waals surface area contributed by atoms with Crippen LogP contribution in [0, 0.1) is 0 Å². The molecule has 7 nitrogen and oxygen atoms in total. The van der Waals surface area contributed by atoms with Gasteiger partial charge in [0.1, 0.15) is 11.4 Å². The molecule has 0 aliphatic heterocycles. The molecule has 2 atom stereocenters. The average Bonchev–Trinajstić information content (AvgIpc) is 2.40. The third-order valence-electron chi connectivity index (χ3n) is 3.25. The Balaban J connectivity index is 3.30. The van der Waals surface area contributed by atoms with E-state index in [9.17, 15) is 23.8 Å². The van der Waals surface area contributed by atoms with Gasteiger partial charge >= 0.3 is 11.7 Å². The molecule has 0 unspecified atom stereocenters. The quantitative estimate of drug-likeness (QED) is 0.653. The maximum absolute atomic E-state index is 14.2. The molecule has 114 valence electrons. The van der Waals surface area contributed by atoms with E-state index in [0.717, 1.165) is 19.4 Å². The van der Waals surface area contributed by atoms with Crippen LogP contribution in [-0.2, 0) is 10.8 Å². The van der Waals surface area contributed by atoms with Crippen LogP contribution in [0.15, 0.2) is 17.1 Å². The fourth-order valence-corrected chi connectivity index (χ4v) is 1.80. The summed E-state index contributed by atoms with van der Waals surface area (Å²) in [5, 5.41) is 19.1. The molecule has 0 aromatic carbocycles. The van der Waals surface area contributed by atoms with E-state index in [-0.39, 0.29) is 16.8 Å². The van der Waals surface area contributed by atoms with E-state index in [1.807, 2.05) is 0 Å². The predicted octanol–water partition coefficient (Wildman–Crippen LogP) is -0.477. The normalized spacial score (nSPS) is 16.7. The van der Waals surface area contributed by atoms with Gasteiger partial charge in [-0.3, -0.25) is 0 Å². The molecule has 0 radical (unpaired) electrons. The summed E-state index contributed by atoms with van der Waals surface area (Å²) in [6, 6.07) is -3.02. The van der Waals surface area contributed by atoms with Crippen LogP contribution in [0.25, 0.3) is 0 Å². The summed E-state index contributed by atoms with van der Waals surface area (Å²) in [7, 11) is 1.09. The lowest BCUT2D eigenvalue weighted by molar-refractivity contribution is -0.254. The first kappa shape index (κ1) is 16.5. The molecular weight excluding hydrogens is 276 g/mol. The van der Waals surface area contributed by atoms with E-state index < -0.39 is 30.0 Å². The first-order valence-electron chi connectivity index (χ1n) is 5.82. The summed E-state index contributed by atoms with van der Waals surface area (Å²) in [6.45, 7) is 0.622. The van der Waals surface area contributed by atoms with E-state index in [1.54, 1.807) is 0 Å². The van der Waals surface area contributed by atoms with Gasteiger partial charge in [0.05, 0.1) is 6.61 Å². The van der Waals surface area contributed by atoms with E-state index in [4.69, 9.17) is 10.5 Å². The van der Waals surface area contributed by atoms with Crippen LogP contribution in [0.3, 0.4) is 0 Å². The molecule has 0 saturated carbocycles. The number of aliphatic hydroxyl groups excluding tert-OH is 2. The van der Waals surface area contributed by atoms with Gasteiger partial charge in [-0.15, -0.1) is 0 Å². The molecule has 0 spiro atoms. The fraction of sp³-hybridized carbons (Fsp3) is 0.636. The van der Waals surface area contributed by atoms with Crippen LogP contribution in [0.2, 0.25) is 0 Å². The van der Waals surface area contributed by atoms with Gasteiger partial charge < -0.3 is 20.7 Å². The fourth-order valence-electron chi connectivity index (χ4n) is 1.80. The number of halogens is 2. The molecule has 1 aromatic heterocycles. The first-order valence-corrected chi connectivity index (χ1v) is 5.82. The average molecular weight is 293 g/mol. The third-order valence-corrected chi connectivity index (χ3v) is 3.25. The zero-order valence-electron chi connectivity index (χ0n) is 11.1. The van der Waals surface area contributed by atoms with E-state index in [0.29, 0.717) is 0 Å². The van der Waals surface area contributed by atoms with Gasteiger partial charge in [-0.2, -0.15) is 13.8 Å². The molecule has 20 heavy (non-hydrogen) atoms. The molecule has 0 aliphatic rings. The predicted molar refractivity (Wildman–Crippen MR) is 66.2 cm³/mol. The molecule has 9 heteroatoms. The molecule has 1 heterocycles. The highest BCUT2D eigenvalue weighted by Crippen LogP contribution is 2.34. The maximum atomic E-state index is 14.2. The number of nitrogens with two attached hydrogens (primary N) is 1. The van der Waals surface area contributed by atoms with Crippen LogP contribution < -0.4 is 11.4 Å². The molecular formula is C11H17F2N3O4. The van der Waals surface area contributed by atoms with Crippen LogP contribution >= 0.6 is 0 Å². The number of ether oxygens (including phenoxy) is 1. The minimum atomic E-state index is -4.02. The summed E-state index contributed by atoms with van der Waals surface area (Å²) in [4.78, 5) is 14.6. The zero-order chi connectivity index (χ0) is 15.6. The number of methoxy groups -OCH3 is 1. The second-order valence-electron chi connectivity index (χ2n) is 4.28. The van der Waals surface area contributed by atoms with Crippen molar-refractivity contribution in [1.29, 1.82) is 0 Å². The van der Waals surface area contributed by atoms with Crippen molar-refractivity contribution in [1.82, 2.24) is 9.55 Å². The number of rotatable bonds is 6. The SMILES string of the molecule is CC[C@](CO)(OC)[C@@H](O)C(F)(F)n1ccc(N)nc1=O.